The SMILES string of the molecule is O=S(=O)(c1ccccc1)c1nnn2c1nc(N1CCc3ccccc31)c1sccc12. The first-order valence-corrected chi connectivity index (χ1v) is 11.8. The third-order valence-electron chi connectivity index (χ3n) is 5.36. The van der Waals surface area contributed by atoms with Crippen LogP contribution in [0.2, 0.25) is 0 Å². The highest BCUT2D eigenvalue weighted by Crippen LogP contribution is 2.39. The topological polar surface area (TPSA) is 80.5 Å². The molecule has 1 aliphatic rings. The Hall–Kier alpha value is -3.30. The smallest absolute Gasteiger partial charge is 0.229 e. The molecule has 148 valence electrons. The Bertz CT molecular complexity index is 1520. The molecule has 0 amide bonds. The molecule has 0 radical (unpaired) electrons. The lowest BCUT2D eigenvalue weighted by molar-refractivity contribution is 0.592. The highest BCUT2D eigenvalue weighted by molar-refractivity contribution is 7.91. The summed E-state index contributed by atoms with van der Waals surface area (Å²) < 4.78 is 29.0. The summed E-state index contributed by atoms with van der Waals surface area (Å²) in [4.78, 5) is 7.13. The monoisotopic (exact) mass is 433 g/mol. The van der Waals surface area contributed by atoms with E-state index < -0.39 is 9.84 Å². The molecule has 5 aromatic rings. The van der Waals surface area contributed by atoms with Crippen LogP contribution in [0.5, 0.6) is 0 Å². The minimum atomic E-state index is -3.85. The molecule has 0 fully saturated rings. The van der Waals surface area contributed by atoms with E-state index in [0.29, 0.717) is 0 Å². The molecule has 0 N–H and O–H groups in total. The van der Waals surface area contributed by atoms with Crippen molar-refractivity contribution in [2.45, 2.75) is 16.3 Å². The summed E-state index contributed by atoms with van der Waals surface area (Å²) >= 11 is 1.56. The fourth-order valence-corrected chi connectivity index (χ4v) is 6.06. The Balaban J connectivity index is 1.62. The van der Waals surface area contributed by atoms with Crippen LogP contribution in [0.3, 0.4) is 0 Å². The summed E-state index contributed by atoms with van der Waals surface area (Å²) in [6, 6.07) is 18.4. The van der Waals surface area contributed by atoms with Gasteiger partial charge in [-0.2, -0.15) is 4.52 Å². The molecule has 2 aromatic carbocycles. The third-order valence-corrected chi connectivity index (χ3v) is 7.92. The van der Waals surface area contributed by atoms with Gasteiger partial charge < -0.3 is 4.90 Å². The standard InChI is InChI=1S/C21H15N5O2S2/c27-30(28,15-7-2-1-3-8-15)21-20-22-19(18-17(11-13-29-18)26(20)24-23-21)25-12-10-14-6-4-5-9-16(14)25/h1-9,11,13H,10,12H2. The van der Waals surface area contributed by atoms with Crippen molar-refractivity contribution < 1.29 is 8.42 Å². The van der Waals surface area contributed by atoms with Crippen LogP contribution in [0.15, 0.2) is 76.0 Å². The fourth-order valence-electron chi connectivity index (χ4n) is 3.93. The molecule has 0 aliphatic carbocycles. The first-order valence-electron chi connectivity index (χ1n) is 9.43. The van der Waals surface area contributed by atoms with E-state index in [1.807, 2.05) is 23.6 Å². The summed E-state index contributed by atoms with van der Waals surface area (Å²) in [5.74, 6) is 0.740. The number of rotatable bonds is 3. The maximum atomic E-state index is 13.2. The van der Waals surface area contributed by atoms with Crippen molar-refractivity contribution in [1.29, 1.82) is 0 Å². The van der Waals surface area contributed by atoms with Crippen molar-refractivity contribution >= 4 is 48.5 Å². The van der Waals surface area contributed by atoms with E-state index in [4.69, 9.17) is 4.98 Å². The van der Waals surface area contributed by atoms with Gasteiger partial charge >= 0.3 is 0 Å². The predicted molar refractivity (Wildman–Crippen MR) is 115 cm³/mol. The number of sulfone groups is 1. The first kappa shape index (κ1) is 17.5. The van der Waals surface area contributed by atoms with E-state index in [2.05, 4.69) is 27.3 Å². The maximum absolute atomic E-state index is 13.2. The number of para-hydroxylation sites is 1. The molecule has 7 nitrogen and oxygen atoms in total. The van der Waals surface area contributed by atoms with Gasteiger partial charge in [-0.3, -0.25) is 0 Å². The average molecular weight is 434 g/mol. The van der Waals surface area contributed by atoms with Crippen molar-refractivity contribution in [3.8, 4) is 0 Å². The van der Waals surface area contributed by atoms with Gasteiger partial charge in [0.25, 0.3) is 0 Å². The van der Waals surface area contributed by atoms with Crippen LogP contribution in [-0.2, 0) is 16.3 Å². The minimum Gasteiger partial charge on any atom is -0.324 e. The Morgan fingerprint density at radius 3 is 2.63 bits per heavy atom. The van der Waals surface area contributed by atoms with E-state index in [-0.39, 0.29) is 15.6 Å². The first-order chi connectivity index (χ1) is 14.6. The zero-order chi connectivity index (χ0) is 20.3. The molecule has 0 atom stereocenters. The molecular formula is C21H15N5O2S2. The molecule has 0 bridgehead atoms. The molecule has 1 aliphatic heterocycles. The fraction of sp³-hybridized carbons (Fsp3) is 0.0952. The summed E-state index contributed by atoms with van der Waals surface area (Å²) in [5.41, 5.74) is 3.40. The predicted octanol–water partition coefficient (Wildman–Crippen LogP) is 3.87. The van der Waals surface area contributed by atoms with Crippen LogP contribution < -0.4 is 4.90 Å². The summed E-state index contributed by atoms with van der Waals surface area (Å²) in [6.45, 7) is 0.790. The molecule has 0 unspecified atom stereocenters. The van der Waals surface area contributed by atoms with E-state index in [9.17, 15) is 8.42 Å². The van der Waals surface area contributed by atoms with Gasteiger partial charge in [-0.15, -0.1) is 16.4 Å². The molecule has 30 heavy (non-hydrogen) atoms. The lowest BCUT2D eigenvalue weighted by Gasteiger charge is -2.19. The maximum Gasteiger partial charge on any atom is 0.229 e. The number of hydrogen-bond donors (Lipinski definition) is 0. The van der Waals surface area contributed by atoms with Crippen LogP contribution in [0.1, 0.15) is 5.56 Å². The van der Waals surface area contributed by atoms with Gasteiger partial charge in [0, 0.05) is 12.2 Å². The van der Waals surface area contributed by atoms with Crippen LogP contribution in [-0.4, -0.2) is 34.8 Å². The van der Waals surface area contributed by atoms with Gasteiger partial charge in [0.05, 0.1) is 15.1 Å². The normalized spacial score (nSPS) is 13.9. The quantitative estimate of drug-likeness (QED) is 0.430. The van der Waals surface area contributed by atoms with Crippen LogP contribution in [0.25, 0.3) is 15.9 Å². The van der Waals surface area contributed by atoms with Gasteiger partial charge in [0.1, 0.15) is 0 Å². The largest absolute Gasteiger partial charge is 0.324 e. The van der Waals surface area contributed by atoms with E-state index in [0.717, 1.165) is 34.7 Å². The summed E-state index contributed by atoms with van der Waals surface area (Å²) in [6.07, 6.45) is 0.919. The molecule has 3 aromatic heterocycles. The van der Waals surface area contributed by atoms with Gasteiger partial charge in [0.2, 0.25) is 14.9 Å². The van der Waals surface area contributed by atoms with E-state index >= 15 is 0 Å². The number of hydrogen-bond acceptors (Lipinski definition) is 7. The van der Waals surface area contributed by atoms with Crippen LogP contribution >= 0.6 is 11.3 Å². The zero-order valence-corrected chi connectivity index (χ0v) is 17.3. The van der Waals surface area contributed by atoms with Gasteiger partial charge in [-0.05, 0) is 41.6 Å². The lowest BCUT2D eigenvalue weighted by atomic mass is 10.2. The third kappa shape index (κ3) is 2.42. The van der Waals surface area contributed by atoms with Crippen LogP contribution in [0.4, 0.5) is 11.5 Å². The second-order valence-electron chi connectivity index (χ2n) is 7.05. The number of thiophene rings is 1. The van der Waals surface area contributed by atoms with Crippen LogP contribution in [0, 0.1) is 0 Å². The van der Waals surface area contributed by atoms with Gasteiger partial charge in [-0.1, -0.05) is 41.6 Å². The number of fused-ring (bicyclic) bond motifs is 4. The van der Waals surface area contributed by atoms with Crippen molar-refractivity contribution in [2.24, 2.45) is 0 Å². The molecule has 9 heteroatoms. The number of nitrogens with zero attached hydrogens (tertiary/aromatic N) is 5. The average Bonchev–Trinajstić information content (AvgIpc) is 3.51. The highest BCUT2D eigenvalue weighted by Gasteiger charge is 2.29. The molecule has 6 rings (SSSR count). The Labute approximate surface area is 176 Å². The van der Waals surface area contributed by atoms with E-state index in [1.165, 1.54) is 10.1 Å². The van der Waals surface area contributed by atoms with Gasteiger partial charge in [-0.25, -0.2) is 13.4 Å². The van der Waals surface area contributed by atoms with Gasteiger partial charge in [0.15, 0.2) is 11.5 Å². The highest BCUT2D eigenvalue weighted by atomic mass is 32.2. The summed E-state index contributed by atoms with van der Waals surface area (Å²) in [7, 11) is -3.85. The minimum absolute atomic E-state index is 0.129. The van der Waals surface area contributed by atoms with Crippen molar-refractivity contribution in [2.75, 3.05) is 11.4 Å². The molecule has 0 saturated heterocycles. The summed E-state index contributed by atoms with van der Waals surface area (Å²) in [5, 5.41) is 10.0. The Morgan fingerprint density at radius 1 is 0.967 bits per heavy atom. The number of aromatic nitrogens is 4. The van der Waals surface area contributed by atoms with E-state index in [1.54, 1.807) is 41.7 Å². The van der Waals surface area contributed by atoms with Crippen molar-refractivity contribution in [1.82, 2.24) is 19.8 Å². The Kier molecular flexibility index (Phi) is 3.71. The lowest BCUT2D eigenvalue weighted by Crippen LogP contribution is -2.16. The molecule has 0 spiro atoms. The second kappa shape index (κ2) is 6.35. The van der Waals surface area contributed by atoms with Crippen molar-refractivity contribution in [3.63, 3.8) is 0 Å². The molecule has 0 saturated carbocycles. The Morgan fingerprint density at radius 2 is 1.77 bits per heavy atom. The molecule has 4 heterocycles. The van der Waals surface area contributed by atoms with Crippen molar-refractivity contribution in [3.05, 3.63) is 71.6 Å². The second-order valence-corrected chi connectivity index (χ2v) is 9.83. The molecular weight excluding hydrogens is 418 g/mol. The zero-order valence-electron chi connectivity index (χ0n) is 15.6. The number of anilines is 2. The number of benzene rings is 2.